The topological polar surface area (TPSA) is 57.7 Å². The molecule has 2 aromatic rings. The molecule has 1 saturated heterocycles. The summed E-state index contributed by atoms with van der Waals surface area (Å²) in [7, 11) is -4.18. The molecule has 1 amide bonds. The van der Waals surface area contributed by atoms with Crippen molar-refractivity contribution < 1.29 is 22.0 Å². The molecule has 0 N–H and O–H groups in total. The molecule has 0 aromatic heterocycles. The van der Waals surface area contributed by atoms with Gasteiger partial charge in [0, 0.05) is 31.1 Å². The second kappa shape index (κ2) is 8.99. The maximum atomic E-state index is 13.9. The van der Waals surface area contributed by atoms with Gasteiger partial charge in [-0.15, -0.1) is 11.8 Å². The third-order valence-corrected chi connectivity index (χ3v) is 8.07. The normalized spacial score (nSPS) is 16.6. The van der Waals surface area contributed by atoms with Gasteiger partial charge in [0.05, 0.1) is 10.3 Å². The zero-order chi connectivity index (χ0) is 21.2. The molecule has 3 rings (SSSR count). The number of thioether (sulfide) groups is 1. The maximum Gasteiger partial charge on any atom is 0.246 e. The van der Waals surface area contributed by atoms with Crippen LogP contribution < -0.4 is 0 Å². The minimum atomic E-state index is -4.18. The van der Waals surface area contributed by atoms with E-state index in [4.69, 9.17) is 11.6 Å². The number of piperazine rings is 1. The lowest BCUT2D eigenvalue weighted by atomic mass is 10.3. The van der Waals surface area contributed by atoms with E-state index in [1.165, 1.54) is 11.8 Å². The summed E-state index contributed by atoms with van der Waals surface area (Å²) < 4.78 is 53.7. The third-order valence-electron chi connectivity index (χ3n) is 4.55. The minimum absolute atomic E-state index is 0.00745. The Kier molecular flexibility index (Phi) is 6.83. The van der Waals surface area contributed by atoms with Crippen LogP contribution in [0.15, 0.2) is 52.3 Å². The second-order valence-corrected chi connectivity index (χ2v) is 10.2. The number of hydrogen-bond donors (Lipinski definition) is 0. The Bertz CT molecular complexity index is 1010. The number of halogens is 3. The molecule has 0 saturated carbocycles. The molecule has 1 unspecified atom stereocenters. The van der Waals surface area contributed by atoms with E-state index in [0.29, 0.717) is 11.1 Å². The first-order valence-corrected chi connectivity index (χ1v) is 11.5. The van der Waals surface area contributed by atoms with Crippen molar-refractivity contribution in [3.05, 3.63) is 59.1 Å². The number of nitrogens with zero attached hydrogens (tertiary/aromatic N) is 2. The Labute approximate surface area is 177 Å². The first kappa shape index (κ1) is 22.0. The Balaban J connectivity index is 1.64. The molecule has 0 aliphatic carbocycles. The standard InChI is InChI=1S/C19H19ClF2N2O3S2/c1-13(28-17-5-3-2-4-15(17)20)19(25)23-8-10-24(11-9-23)29(26,27)18-12-14(21)6-7-16(18)22/h2-7,12-13H,8-11H2,1H3. The SMILES string of the molecule is CC(Sc1ccccc1Cl)C(=O)N1CCN(S(=O)(=O)c2cc(F)ccc2F)CC1. The molecule has 156 valence electrons. The molecule has 1 fully saturated rings. The van der Waals surface area contributed by atoms with Crippen molar-refractivity contribution in [2.24, 2.45) is 0 Å². The minimum Gasteiger partial charge on any atom is -0.339 e. The molecule has 5 nitrogen and oxygen atoms in total. The van der Waals surface area contributed by atoms with Crippen molar-refractivity contribution in [3.63, 3.8) is 0 Å². The number of carbonyl (C=O) groups excluding carboxylic acids is 1. The van der Waals surface area contributed by atoms with Crippen molar-refractivity contribution in [2.75, 3.05) is 26.2 Å². The van der Waals surface area contributed by atoms with E-state index < -0.39 is 31.8 Å². The summed E-state index contributed by atoms with van der Waals surface area (Å²) in [6.45, 7) is 2.12. The van der Waals surface area contributed by atoms with Crippen LogP contribution in [0, 0.1) is 11.6 Å². The molecule has 10 heteroatoms. The van der Waals surface area contributed by atoms with Gasteiger partial charge in [-0.2, -0.15) is 4.31 Å². The van der Waals surface area contributed by atoms with Crippen LogP contribution in [-0.2, 0) is 14.8 Å². The number of benzene rings is 2. The average Bonchev–Trinajstić information content (AvgIpc) is 2.71. The van der Waals surface area contributed by atoms with E-state index in [0.717, 1.165) is 21.3 Å². The fraction of sp³-hybridized carbons (Fsp3) is 0.316. The van der Waals surface area contributed by atoms with Gasteiger partial charge in [-0.1, -0.05) is 23.7 Å². The number of sulfonamides is 1. The molecule has 1 atom stereocenters. The molecular weight excluding hydrogens is 442 g/mol. The van der Waals surface area contributed by atoms with Crippen LogP contribution in [0.1, 0.15) is 6.92 Å². The lowest BCUT2D eigenvalue weighted by Gasteiger charge is -2.35. The molecule has 0 spiro atoms. The van der Waals surface area contributed by atoms with E-state index in [1.54, 1.807) is 24.0 Å². The van der Waals surface area contributed by atoms with Gasteiger partial charge >= 0.3 is 0 Å². The number of amides is 1. The summed E-state index contributed by atoms with van der Waals surface area (Å²) in [5, 5.41) is 0.156. The second-order valence-electron chi connectivity index (χ2n) is 6.49. The summed E-state index contributed by atoms with van der Waals surface area (Å²) in [4.78, 5) is 14.4. The van der Waals surface area contributed by atoms with E-state index in [1.807, 2.05) is 12.1 Å². The fourth-order valence-corrected chi connectivity index (χ4v) is 5.74. The molecule has 0 radical (unpaired) electrons. The average molecular weight is 461 g/mol. The third kappa shape index (κ3) is 4.91. The van der Waals surface area contributed by atoms with Crippen LogP contribution in [0.4, 0.5) is 8.78 Å². The zero-order valence-corrected chi connectivity index (χ0v) is 17.9. The monoisotopic (exact) mass is 460 g/mol. The van der Waals surface area contributed by atoms with E-state index in [2.05, 4.69) is 0 Å². The molecular formula is C19H19ClF2N2O3S2. The van der Waals surface area contributed by atoms with Gasteiger partial charge in [0.15, 0.2) is 0 Å². The Morgan fingerprint density at radius 3 is 2.41 bits per heavy atom. The lowest BCUT2D eigenvalue weighted by molar-refractivity contribution is -0.131. The highest BCUT2D eigenvalue weighted by atomic mass is 35.5. The summed E-state index contributed by atoms with van der Waals surface area (Å²) in [6, 6.07) is 9.54. The van der Waals surface area contributed by atoms with Gasteiger partial charge < -0.3 is 4.90 Å². The lowest BCUT2D eigenvalue weighted by Crippen LogP contribution is -2.52. The molecule has 2 aromatic carbocycles. The van der Waals surface area contributed by atoms with E-state index in [-0.39, 0.29) is 32.1 Å². The van der Waals surface area contributed by atoms with Crippen molar-refractivity contribution in [2.45, 2.75) is 22.0 Å². The van der Waals surface area contributed by atoms with E-state index in [9.17, 15) is 22.0 Å². The molecule has 29 heavy (non-hydrogen) atoms. The van der Waals surface area contributed by atoms with Crippen LogP contribution in [0.5, 0.6) is 0 Å². The van der Waals surface area contributed by atoms with Crippen molar-refractivity contribution in [3.8, 4) is 0 Å². The van der Waals surface area contributed by atoms with Gasteiger partial charge in [0.25, 0.3) is 0 Å². The predicted molar refractivity (Wildman–Crippen MR) is 108 cm³/mol. The van der Waals surface area contributed by atoms with Crippen LogP contribution in [0.25, 0.3) is 0 Å². The maximum absolute atomic E-state index is 13.9. The molecule has 1 aliphatic rings. The summed E-state index contributed by atoms with van der Waals surface area (Å²) in [5.74, 6) is -1.97. The highest BCUT2D eigenvalue weighted by Crippen LogP contribution is 2.31. The first-order valence-electron chi connectivity index (χ1n) is 8.85. The molecule has 1 heterocycles. The largest absolute Gasteiger partial charge is 0.339 e. The number of carbonyl (C=O) groups is 1. The van der Waals surface area contributed by atoms with Crippen LogP contribution >= 0.6 is 23.4 Å². The van der Waals surface area contributed by atoms with Crippen LogP contribution in [-0.4, -0.2) is 55.0 Å². The highest BCUT2D eigenvalue weighted by Gasteiger charge is 2.33. The number of hydrogen-bond acceptors (Lipinski definition) is 4. The Morgan fingerprint density at radius 2 is 1.76 bits per heavy atom. The van der Waals surface area contributed by atoms with Crippen molar-refractivity contribution in [1.82, 2.24) is 9.21 Å². The van der Waals surface area contributed by atoms with Crippen LogP contribution in [0.3, 0.4) is 0 Å². The molecule has 1 aliphatic heterocycles. The van der Waals surface area contributed by atoms with Gasteiger partial charge in [-0.05, 0) is 37.3 Å². The Morgan fingerprint density at radius 1 is 1.10 bits per heavy atom. The fourth-order valence-electron chi connectivity index (χ4n) is 3.00. The van der Waals surface area contributed by atoms with Gasteiger partial charge in [0.2, 0.25) is 15.9 Å². The van der Waals surface area contributed by atoms with E-state index >= 15 is 0 Å². The number of rotatable bonds is 5. The summed E-state index contributed by atoms with van der Waals surface area (Å²) in [6.07, 6.45) is 0. The summed E-state index contributed by atoms with van der Waals surface area (Å²) in [5.41, 5.74) is 0. The van der Waals surface area contributed by atoms with Gasteiger partial charge in [-0.3, -0.25) is 4.79 Å². The zero-order valence-electron chi connectivity index (χ0n) is 15.5. The Hall–Kier alpha value is -1.68. The predicted octanol–water partition coefficient (Wildman–Crippen LogP) is 3.63. The van der Waals surface area contributed by atoms with Crippen molar-refractivity contribution in [1.29, 1.82) is 0 Å². The first-order chi connectivity index (χ1) is 13.7. The quantitative estimate of drug-likeness (QED) is 0.639. The summed E-state index contributed by atoms with van der Waals surface area (Å²) >= 11 is 7.47. The molecule has 0 bridgehead atoms. The smallest absolute Gasteiger partial charge is 0.246 e. The van der Waals surface area contributed by atoms with Gasteiger partial charge in [-0.25, -0.2) is 17.2 Å². The van der Waals surface area contributed by atoms with Gasteiger partial charge in [0.1, 0.15) is 16.5 Å². The van der Waals surface area contributed by atoms with Crippen molar-refractivity contribution >= 4 is 39.3 Å². The highest BCUT2D eigenvalue weighted by molar-refractivity contribution is 8.00. The van der Waals surface area contributed by atoms with Crippen LogP contribution in [0.2, 0.25) is 5.02 Å².